The third kappa shape index (κ3) is 4.33. The first-order valence-electron chi connectivity index (χ1n) is 10.4. The van der Waals surface area contributed by atoms with Gasteiger partial charge in [0.15, 0.2) is 16.3 Å². The molecular weight excluding hydrogens is 474 g/mol. The summed E-state index contributed by atoms with van der Waals surface area (Å²) in [6.07, 6.45) is 1.57. The van der Waals surface area contributed by atoms with Crippen molar-refractivity contribution in [2.24, 2.45) is 4.99 Å². The Morgan fingerprint density at radius 1 is 1.14 bits per heavy atom. The molecule has 11 heteroatoms. The molecule has 0 saturated heterocycles. The summed E-state index contributed by atoms with van der Waals surface area (Å²) < 4.78 is 17.5. The highest BCUT2D eigenvalue weighted by molar-refractivity contribution is 7.07. The maximum absolute atomic E-state index is 13.6. The fourth-order valence-electron chi connectivity index (χ4n) is 3.91. The van der Waals surface area contributed by atoms with Gasteiger partial charge in [0.05, 0.1) is 48.1 Å². The van der Waals surface area contributed by atoms with E-state index in [0.717, 1.165) is 11.3 Å². The van der Waals surface area contributed by atoms with E-state index in [0.29, 0.717) is 37.7 Å². The Labute approximate surface area is 203 Å². The zero-order valence-corrected chi connectivity index (χ0v) is 20.1. The van der Waals surface area contributed by atoms with E-state index in [1.165, 1.54) is 38.0 Å². The molecule has 4 rings (SSSR count). The number of non-ortho nitro benzene ring substituents is 1. The number of benzene rings is 2. The minimum absolute atomic E-state index is 0.0847. The van der Waals surface area contributed by atoms with Crippen molar-refractivity contribution in [1.29, 1.82) is 0 Å². The predicted octanol–water partition coefficient (Wildman–Crippen LogP) is 2.33. The molecule has 0 spiro atoms. The Hall–Kier alpha value is -4.25. The Morgan fingerprint density at radius 2 is 1.89 bits per heavy atom. The molecule has 0 amide bonds. The molecule has 0 bridgehead atoms. The fraction of sp³-hybridized carbons (Fsp3) is 0.208. The van der Waals surface area contributed by atoms with Crippen LogP contribution in [0.25, 0.3) is 6.08 Å². The molecule has 1 aliphatic heterocycles. The van der Waals surface area contributed by atoms with Gasteiger partial charge in [0, 0.05) is 12.1 Å². The molecule has 180 valence electrons. The van der Waals surface area contributed by atoms with Crippen molar-refractivity contribution in [3.63, 3.8) is 0 Å². The number of nitro groups is 1. The number of rotatable bonds is 6. The Bertz CT molecular complexity index is 1550. The number of ether oxygens (including phenoxy) is 3. The number of methoxy groups -OCH3 is 3. The van der Waals surface area contributed by atoms with Gasteiger partial charge >= 0.3 is 5.97 Å². The summed E-state index contributed by atoms with van der Waals surface area (Å²) >= 11 is 1.13. The van der Waals surface area contributed by atoms with E-state index in [4.69, 9.17) is 14.2 Å². The largest absolute Gasteiger partial charge is 0.493 e. The van der Waals surface area contributed by atoms with E-state index in [9.17, 15) is 19.7 Å². The highest BCUT2D eigenvalue weighted by Gasteiger charge is 2.33. The van der Waals surface area contributed by atoms with Crippen LogP contribution in [0, 0.1) is 10.1 Å². The number of carbonyl (C=O) groups excluding carboxylic acids is 1. The third-order valence-corrected chi connectivity index (χ3v) is 6.51. The van der Waals surface area contributed by atoms with Gasteiger partial charge in [-0.2, -0.15) is 0 Å². The maximum atomic E-state index is 13.6. The molecule has 0 radical (unpaired) electrons. The van der Waals surface area contributed by atoms with Gasteiger partial charge in [-0.3, -0.25) is 19.5 Å². The maximum Gasteiger partial charge on any atom is 0.338 e. The number of allylic oxidation sites excluding steroid dienone is 1. The normalized spacial score (nSPS) is 15.3. The number of thiazole rings is 1. The smallest absolute Gasteiger partial charge is 0.338 e. The average Bonchev–Trinajstić information content (AvgIpc) is 3.16. The first-order valence-corrected chi connectivity index (χ1v) is 11.2. The number of nitrogens with zero attached hydrogens (tertiary/aromatic N) is 3. The Morgan fingerprint density at radius 3 is 2.54 bits per heavy atom. The molecule has 1 aliphatic rings. The molecule has 0 N–H and O–H groups in total. The summed E-state index contributed by atoms with van der Waals surface area (Å²) in [6, 6.07) is 10.3. The summed E-state index contributed by atoms with van der Waals surface area (Å²) in [7, 11) is 4.27. The molecular formula is C24H21N3O7S. The van der Waals surface area contributed by atoms with Gasteiger partial charge in [0.25, 0.3) is 11.2 Å². The minimum atomic E-state index is -0.828. The molecule has 1 unspecified atom stereocenters. The van der Waals surface area contributed by atoms with Crippen LogP contribution >= 0.6 is 11.3 Å². The molecule has 1 atom stereocenters. The SMILES string of the molecule is COC(=O)C1=C(C)N=c2s/c(=C\c3cccc([N+](=O)[O-])c3)c(=O)n2C1c1ccc(OC)c(OC)c1. The van der Waals surface area contributed by atoms with Crippen molar-refractivity contribution in [2.75, 3.05) is 21.3 Å². The standard InChI is InChI=1S/C24H21N3O7S/c1-13-20(23(29)34-4)21(15-8-9-17(32-2)18(12-15)33-3)26-22(28)19(35-24(26)25-13)11-14-6-5-7-16(10-14)27(30)31/h5-12,21H,1-4H3/b19-11-. The number of hydrogen-bond donors (Lipinski definition) is 0. The molecule has 0 aliphatic carbocycles. The monoisotopic (exact) mass is 495 g/mol. The molecule has 2 aromatic carbocycles. The lowest BCUT2D eigenvalue weighted by Crippen LogP contribution is -2.39. The van der Waals surface area contributed by atoms with Crippen LogP contribution in [0.15, 0.2) is 63.5 Å². The summed E-state index contributed by atoms with van der Waals surface area (Å²) in [5, 5.41) is 11.1. The van der Waals surface area contributed by atoms with Gasteiger partial charge in [-0.05, 0) is 36.3 Å². The van der Waals surface area contributed by atoms with Crippen LogP contribution in [0.2, 0.25) is 0 Å². The number of esters is 1. The van der Waals surface area contributed by atoms with Crippen LogP contribution < -0.4 is 24.4 Å². The number of carbonyl (C=O) groups is 1. The van der Waals surface area contributed by atoms with E-state index in [2.05, 4.69) is 4.99 Å². The predicted molar refractivity (Wildman–Crippen MR) is 128 cm³/mol. The summed E-state index contributed by atoms with van der Waals surface area (Å²) in [5.74, 6) is 0.316. The van der Waals surface area contributed by atoms with Crippen LogP contribution in [-0.4, -0.2) is 36.8 Å². The highest BCUT2D eigenvalue weighted by atomic mass is 32.1. The van der Waals surface area contributed by atoms with Gasteiger partial charge in [-0.1, -0.05) is 29.5 Å². The van der Waals surface area contributed by atoms with Gasteiger partial charge in [0.1, 0.15) is 0 Å². The van der Waals surface area contributed by atoms with Crippen LogP contribution in [0.5, 0.6) is 11.5 Å². The van der Waals surface area contributed by atoms with E-state index in [1.54, 1.807) is 43.3 Å². The average molecular weight is 496 g/mol. The van der Waals surface area contributed by atoms with Crippen molar-refractivity contribution in [1.82, 2.24) is 4.57 Å². The van der Waals surface area contributed by atoms with Crippen molar-refractivity contribution in [3.8, 4) is 11.5 Å². The fourth-order valence-corrected chi connectivity index (χ4v) is 4.96. The molecule has 3 aromatic rings. The number of nitro benzene ring substituents is 1. The molecule has 35 heavy (non-hydrogen) atoms. The van der Waals surface area contributed by atoms with Gasteiger partial charge < -0.3 is 14.2 Å². The van der Waals surface area contributed by atoms with E-state index < -0.39 is 22.5 Å². The quantitative estimate of drug-likeness (QED) is 0.292. The molecule has 1 aromatic heterocycles. The van der Waals surface area contributed by atoms with Gasteiger partial charge in [0.2, 0.25) is 0 Å². The van der Waals surface area contributed by atoms with Crippen LogP contribution in [0.4, 0.5) is 5.69 Å². The van der Waals surface area contributed by atoms with Crippen molar-refractivity contribution in [2.45, 2.75) is 13.0 Å². The molecule has 2 heterocycles. The lowest BCUT2D eigenvalue weighted by atomic mass is 9.95. The van der Waals surface area contributed by atoms with Crippen LogP contribution in [0.3, 0.4) is 0 Å². The first kappa shape index (κ1) is 23.9. The zero-order chi connectivity index (χ0) is 25.3. The zero-order valence-electron chi connectivity index (χ0n) is 19.3. The van der Waals surface area contributed by atoms with E-state index in [-0.39, 0.29) is 11.3 Å². The molecule has 0 saturated carbocycles. The van der Waals surface area contributed by atoms with Crippen molar-refractivity contribution >= 4 is 29.1 Å². The topological polar surface area (TPSA) is 122 Å². The lowest BCUT2D eigenvalue weighted by Gasteiger charge is -2.25. The van der Waals surface area contributed by atoms with Crippen molar-refractivity contribution in [3.05, 3.63) is 94.7 Å². The van der Waals surface area contributed by atoms with Crippen LogP contribution in [0.1, 0.15) is 24.1 Å². The lowest BCUT2D eigenvalue weighted by molar-refractivity contribution is -0.384. The third-order valence-electron chi connectivity index (χ3n) is 5.53. The van der Waals surface area contributed by atoms with Crippen LogP contribution in [-0.2, 0) is 9.53 Å². The second kappa shape index (κ2) is 9.55. The number of aromatic nitrogens is 1. The number of fused-ring (bicyclic) bond motifs is 1. The molecule has 10 nitrogen and oxygen atoms in total. The van der Waals surface area contributed by atoms with Crippen molar-refractivity contribution < 1.29 is 23.9 Å². The van der Waals surface area contributed by atoms with E-state index in [1.807, 2.05) is 0 Å². The second-order valence-electron chi connectivity index (χ2n) is 7.54. The summed E-state index contributed by atoms with van der Waals surface area (Å²) in [4.78, 5) is 41.9. The van der Waals surface area contributed by atoms with E-state index >= 15 is 0 Å². The minimum Gasteiger partial charge on any atom is -0.493 e. The highest BCUT2D eigenvalue weighted by Crippen LogP contribution is 2.35. The summed E-state index contributed by atoms with van der Waals surface area (Å²) in [6.45, 7) is 1.68. The first-order chi connectivity index (χ1) is 16.8. The van der Waals surface area contributed by atoms with Gasteiger partial charge in [-0.25, -0.2) is 9.79 Å². The Balaban J connectivity index is 1.97. The summed E-state index contributed by atoms with van der Waals surface area (Å²) in [5.41, 5.74) is 1.25. The molecule has 0 fully saturated rings. The number of hydrogen-bond acceptors (Lipinski definition) is 9. The van der Waals surface area contributed by atoms with Gasteiger partial charge in [-0.15, -0.1) is 0 Å². The second-order valence-corrected chi connectivity index (χ2v) is 8.55. The Kier molecular flexibility index (Phi) is 6.52.